The van der Waals surface area contributed by atoms with Gasteiger partial charge in [0.05, 0.1) is 6.04 Å². The van der Waals surface area contributed by atoms with Gasteiger partial charge < -0.3 is 5.73 Å². The van der Waals surface area contributed by atoms with Gasteiger partial charge in [0, 0.05) is 9.75 Å². The first-order valence-electron chi connectivity index (χ1n) is 7.70. The van der Waals surface area contributed by atoms with Crippen LogP contribution in [0.4, 0.5) is 4.39 Å². The predicted molar refractivity (Wildman–Crippen MR) is 87.5 cm³/mol. The highest BCUT2D eigenvalue weighted by Crippen LogP contribution is 2.35. The van der Waals surface area contributed by atoms with Gasteiger partial charge in [-0.15, -0.1) is 11.3 Å². The van der Waals surface area contributed by atoms with E-state index in [0.717, 1.165) is 16.7 Å². The molecule has 1 unspecified atom stereocenters. The van der Waals surface area contributed by atoms with Crippen molar-refractivity contribution < 1.29 is 4.39 Å². The summed E-state index contributed by atoms with van der Waals surface area (Å²) in [4.78, 5) is 2.73. The Hall–Kier alpha value is -1.19. The van der Waals surface area contributed by atoms with E-state index < -0.39 is 0 Å². The smallest absolute Gasteiger partial charge is 0.123 e. The first-order chi connectivity index (χ1) is 10.1. The highest BCUT2D eigenvalue weighted by molar-refractivity contribution is 7.12. The maximum absolute atomic E-state index is 13.5. The van der Waals surface area contributed by atoms with Crippen LogP contribution in [0.5, 0.6) is 0 Å². The van der Waals surface area contributed by atoms with Gasteiger partial charge in [-0.05, 0) is 80.0 Å². The average Bonchev–Trinajstić information content (AvgIpc) is 2.69. The third-order valence-electron chi connectivity index (χ3n) is 4.44. The number of hydrogen-bond donors (Lipinski definition) is 1. The Balaban J connectivity index is 1.97. The van der Waals surface area contributed by atoms with Gasteiger partial charge in [-0.1, -0.05) is 6.42 Å². The van der Waals surface area contributed by atoms with E-state index in [1.807, 2.05) is 25.2 Å². The van der Waals surface area contributed by atoms with Crippen LogP contribution in [-0.4, -0.2) is 0 Å². The Kier molecular flexibility index (Phi) is 4.14. The second kappa shape index (κ2) is 5.90. The molecule has 1 aromatic carbocycles. The summed E-state index contributed by atoms with van der Waals surface area (Å²) in [6.45, 7) is 3.90. The van der Waals surface area contributed by atoms with Gasteiger partial charge >= 0.3 is 0 Å². The number of benzene rings is 1. The van der Waals surface area contributed by atoms with Crippen LogP contribution in [0.1, 0.15) is 57.3 Å². The quantitative estimate of drug-likeness (QED) is 0.791. The van der Waals surface area contributed by atoms with Crippen molar-refractivity contribution in [2.75, 3.05) is 0 Å². The molecule has 21 heavy (non-hydrogen) atoms. The van der Waals surface area contributed by atoms with Gasteiger partial charge in [0.15, 0.2) is 0 Å². The first-order valence-corrected chi connectivity index (χ1v) is 8.51. The fourth-order valence-corrected chi connectivity index (χ4v) is 4.67. The molecule has 112 valence electrons. The topological polar surface area (TPSA) is 26.0 Å². The summed E-state index contributed by atoms with van der Waals surface area (Å²) in [5.74, 6) is -0.178. The summed E-state index contributed by atoms with van der Waals surface area (Å²) in [5, 5.41) is 0. The van der Waals surface area contributed by atoms with Crippen molar-refractivity contribution in [2.45, 2.75) is 52.0 Å². The molecule has 0 radical (unpaired) electrons. The maximum atomic E-state index is 13.5. The Morgan fingerprint density at radius 3 is 2.43 bits per heavy atom. The Morgan fingerprint density at radius 2 is 1.71 bits per heavy atom. The molecule has 0 spiro atoms. The number of hydrogen-bond acceptors (Lipinski definition) is 2. The number of nitrogens with two attached hydrogens (primary N) is 1. The minimum atomic E-state index is -0.178. The molecule has 2 aromatic rings. The molecule has 1 aromatic heterocycles. The van der Waals surface area contributed by atoms with Gasteiger partial charge in [0.2, 0.25) is 0 Å². The number of halogens is 1. The highest BCUT2D eigenvalue weighted by atomic mass is 32.1. The van der Waals surface area contributed by atoms with Crippen molar-refractivity contribution >= 4 is 11.3 Å². The molecule has 0 aliphatic heterocycles. The molecule has 0 amide bonds. The SMILES string of the molecule is Cc1cc(F)cc(C)c1C(N)c1cc2c(s1)CCCCC2. The second-order valence-electron chi connectivity index (χ2n) is 6.09. The van der Waals surface area contributed by atoms with Crippen molar-refractivity contribution in [1.82, 2.24) is 0 Å². The van der Waals surface area contributed by atoms with Crippen LogP contribution >= 0.6 is 11.3 Å². The van der Waals surface area contributed by atoms with Crippen LogP contribution in [0, 0.1) is 19.7 Å². The minimum absolute atomic E-state index is 0.137. The third-order valence-corrected chi connectivity index (χ3v) is 5.76. The van der Waals surface area contributed by atoms with Crippen LogP contribution in [0.25, 0.3) is 0 Å². The Labute approximate surface area is 130 Å². The molecule has 0 saturated carbocycles. The molecule has 1 heterocycles. The summed E-state index contributed by atoms with van der Waals surface area (Å²) < 4.78 is 13.5. The first kappa shape index (κ1) is 14.7. The normalized spacial score (nSPS) is 16.4. The summed E-state index contributed by atoms with van der Waals surface area (Å²) >= 11 is 1.85. The summed E-state index contributed by atoms with van der Waals surface area (Å²) in [7, 11) is 0. The van der Waals surface area contributed by atoms with Gasteiger partial charge in [0.25, 0.3) is 0 Å². The number of fused-ring (bicyclic) bond motifs is 1. The average molecular weight is 303 g/mol. The minimum Gasteiger partial charge on any atom is -0.320 e. The van der Waals surface area contributed by atoms with E-state index in [9.17, 15) is 4.39 Å². The fourth-order valence-electron chi connectivity index (χ4n) is 3.40. The molecule has 0 bridgehead atoms. The van der Waals surface area contributed by atoms with E-state index in [1.54, 1.807) is 12.1 Å². The van der Waals surface area contributed by atoms with Crippen molar-refractivity contribution in [2.24, 2.45) is 5.73 Å². The zero-order chi connectivity index (χ0) is 15.0. The molecule has 3 rings (SSSR count). The Morgan fingerprint density at radius 1 is 1.05 bits per heavy atom. The van der Waals surface area contributed by atoms with Crippen molar-refractivity contribution in [3.8, 4) is 0 Å². The lowest BCUT2D eigenvalue weighted by Gasteiger charge is -2.16. The van der Waals surface area contributed by atoms with Gasteiger partial charge in [-0.3, -0.25) is 0 Å². The van der Waals surface area contributed by atoms with Crippen molar-refractivity contribution in [1.29, 1.82) is 0 Å². The van der Waals surface area contributed by atoms with Gasteiger partial charge in [-0.25, -0.2) is 4.39 Å². The summed E-state index contributed by atoms with van der Waals surface area (Å²) in [6.07, 6.45) is 6.27. The summed E-state index contributed by atoms with van der Waals surface area (Å²) in [5.41, 5.74) is 11.0. The fraction of sp³-hybridized carbons (Fsp3) is 0.444. The Bertz CT molecular complexity index is 613. The van der Waals surface area contributed by atoms with E-state index in [1.165, 1.54) is 47.4 Å². The van der Waals surface area contributed by atoms with Crippen LogP contribution in [0.15, 0.2) is 18.2 Å². The van der Waals surface area contributed by atoms with Crippen LogP contribution in [0.3, 0.4) is 0 Å². The van der Waals surface area contributed by atoms with Crippen LogP contribution in [0.2, 0.25) is 0 Å². The van der Waals surface area contributed by atoms with E-state index in [0.29, 0.717) is 0 Å². The molecule has 1 aliphatic carbocycles. The van der Waals surface area contributed by atoms with Crippen molar-refractivity contribution in [3.63, 3.8) is 0 Å². The lowest BCUT2D eigenvalue weighted by atomic mass is 9.95. The lowest BCUT2D eigenvalue weighted by molar-refractivity contribution is 0.623. The predicted octanol–water partition coefficient (Wildman–Crippen LogP) is 4.82. The second-order valence-corrected chi connectivity index (χ2v) is 7.26. The van der Waals surface area contributed by atoms with Crippen molar-refractivity contribution in [3.05, 3.63) is 56.0 Å². The lowest BCUT2D eigenvalue weighted by Crippen LogP contribution is -2.14. The number of thiophene rings is 1. The molecule has 1 nitrogen and oxygen atoms in total. The molecule has 1 atom stereocenters. The number of rotatable bonds is 2. The third kappa shape index (κ3) is 2.90. The van der Waals surface area contributed by atoms with Gasteiger partial charge in [0.1, 0.15) is 5.82 Å². The van der Waals surface area contributed by atoms with E-state index in [4.69, 9.17) is 5.73 Å². The zero-order valence-electron chi connectivity index (χ0n) is 12.7. The highest BCUT2D eigenvalue weighted by Gasteiger charge is 2.20. The maximum Gasteiger partial charge on any atom is 0.123 e. The zero-order valence-corrected chi connectivity index (χ0v) is 13.5. The largest absolute Gasteiger partial charge is 0.320 e. The molecule has 3 heteroatoms. The molecular weight excluding hydrogens is 281 g/mol. The monoisotopic (exact) mass is 303 g/mol. The van der Waals surface area contributed by atoms with Gasteiger partial charge in [-0.2, -0.15) is 0 Å². The molecule has 1 aliphatic rings. The molecular formula is C18H22FNS. The summed E-state index contributed by atoms with van der Waals surface area (Å²) in [6, 6.07) is 5.32. The molecule has 0 saturated heterocycles. The van der Waals surface area contributed by atoms with Crippen LogP contribution in [-0.2, 0) is 12.8 Å². The standard InChI is InChI=1S/C18H22FNS/c1-11-8-14(19)9-12(2)17(11)18(20)16-10-13-6-4-3-5-7-15(13)21-16/h8-10,18H,3-7,20H2,1-2H3. The molecule has 2 N–H and O–H groups in total. The number of aryl methyl sites for hydroxylation is 4. The van der Waals surface area contributed by atoms with Crippen LogP contribution < -0.4 is 5.73 Å². The molecule has 0 fully saturated rings. The van der Waals surface area contributed by atoms with E-state index in [-0.39, 0.29) is 11.9 Å². The van der Waals surface area contributed by atoms with E-state index in [2.05, 4.69) is 6.07 Å². The van der Waals surface area contributed by atoms with E-state index >= 15 is 0 Å².